The number of nitrogens with zero attached hydrogens (tertiary/aromatic N) is 4. The van der Waals surface area contributed by atoms with Crippen LogP contribution in [0.15, 0.2) is 0 Å². The zero-order valence-electron chi connectivity index (χ0n) is 14.4. The zero-order valence-corrected chi connectivity index (χ0v) is 16.0. The molecule has 0 heterocycles. The highest BCUT2D eigenvalue weighted by molar-refractivity contribution is 7.99. The first kappa shape index (κ1) is 22.8. The van der Waals surface area contributed by atoms with Gasteiger partial charge in [-0.15, -0.1) is 0 Å². The third kappa shape index (κ3) is 7.60. The number of carbonyl (C=O) groups is 3. The second-order valence-electron chi connectivity index (χ2n) is 4.53. The maximum absolute atomic E-state index is 12.2. The summed E-state index contributed by atoms with van der Waals surface area (Å²) in [5.41, 5.74) is 0. The van der Waals surface area contributed by atoms with Crippen molar-refractivity contribution in [1.82, 2.24) is 18.4 Å². The SMILES string of the molecule is CCN(CC)CSN(C(=O)[O-])C(=O)N(SCN(CC)CC)C(=O)[O-]. The highest BCUT2D eigenvalue weighted by Crippen LogP contribution is 2.20. The first-order valence-electron chi connectivity index (χ1n) is 7.58. The monoisotopic (exact) mass is 380 g/mol. The van der Waals surface area contributed by atoms with E-state index in [4.69, 9.17) is 0 Å². The lowest BCUT2D eigenvalue weighted by atomic mass is 10.6. The van der Waals surface area contributed by atoms with Crippen LogP contribution in [0, 0.1) is 0 Å². The van der Waals surface area contributed by atoms with Gasteiger partial charge in [-0.05, 0) is 50.1 Å². The van der Waals surface area contributed by atoms with Gasteiger partial charge in [0.1, 0.15) is 0 Å². The number of carbonyl (C=O) groups excluding carboxylic acids is 3. The molecular weight excluding hydrogens is 356 g/mol. The first-order valence-corrected chi connectivity index (χ1v) is 9.47. The van der Waals surface area contributed by atoms with Crippen molar-refractivity contribution in [2.24, 2.45) is 0 Å². The molecule has 0 rings (SSSR count). The standard InChI is InChI=1S/C13H26N4O5S2/c1-5-14(6-2)9-23-16(12(19)20)11(18)17(13(21)22)24-10-15(7-3)8-4/h5-10H2,1-4H3,(H,19,20)(H,21,22)/p-2. The van der Waals surface area contributed by atoms with Gasteiger partial charge in [0.05, 0.1) is 11.8 Å². The molecule has 0 atom stereocenters. The van der Waals surface area contributed by atoms with Crippen LogP contribution in [0.1, 0.15) is 27.7 Å². The normalized spacial score (nSPS) is 10.9. The average molecular weight is 380 g/mol. The quantitative estimate of drug-likeness (QED) is 0.390. The van der Waals surface area contributed by atoms with Gasteiger partial charge in [0.2, 0.25) is 0 Å². The van der Waals surface area contributed by atoms with Crippen LogP contribution in [-0.4, -0.2) is 74.6 Å². The number of hydrogen-bond donors (Lipinski definition) is 0. The van der Waals surface area contributed by atoms with Crippen molar-refractivity contribution in [3.63, 3.8) is 0 Å². The van der Waals surface area contributed by atoms with Gasteiger partial charge in [-0.1, -0.05) is 27.7 Å². The summed E-state index contributed by atoms with van der Waals surface area (Å²) >= 11 is 1.35. The van der Waals surface area contributed by atoms with E-state index in [9.17, 15) is 24.6 Å². The predicted octanol–water partition coefficient (Wildman–Crippen LogP) is 0.292. The first-order chi connectivity index (χ1) is 11.3. The van der Waals surface area contributed by atoms with Crippen LogP contribution in [0.5, 0.6) is 0 Å². The Labute approximate surface area is 151 Å². The van der Waals surface area contributed by atoms with Crippen LogP contribution in [0.3, 0.4) is 0 Å². The highest BCUT2D eigenvalue weighted by atomic mass is 32.2. The zero-order chi connectivity index (χ0) is 18.7. The van der Waals surface area contributed by atoms with Crippen molar-refractivity contribution in [1.29, 1.82) is 0 Å². The van der Waals surface area contributed by atoms with Crippen LogP contribution in [0.25, 0.3) is 0 Å². The number of carboxylic acid groups (broad SMARTS) is 2. The van der Waals surface area contributed by atoms with Gasteiger partial charge in [0, 0.05) is 0 Å². The Morgan fingerprint density at radius 2 is 1.00 bits per heavy atom. The molecule has 0 N–H and O–H groups in total. The van der Waals surface area contributed by atoms with Crippen molar-refractivity contribution in [3.8, 4) is 0 Å². The summed E-state index contributed by atoms with van der Waals surface area (Å²) in [6.07, 6.45) is -3.54. The van der Waals surface area contributed by atoms with Crippen LogP contribution >= 0.6 is 23.9 Å². The van der Waals surface area contributed by atoms with Crippen molar-refractivity contribution < 1.29 is 24.6 Å². The van der Waals surface area contributed by atoms with Crippen LogP contribution in [0.4, 0.5) is 14.4 Å². The number of imide groups is 2. The van der Waals surface area contributed by atoms with Gasteiger partial charge in [-0.2, -0.15) is 0 Å². The summed E-state index contributed by atoms with van der Waals surface area (Å²) in [6, 6.07) is -1.22. The molecule has 0 unspecified atom stereocenters. The predicted molar refractivity (Wildman–Crippen MR) is 90.6 cm³/mol. The van der Waals surface area contributed by atoms with Gasteiger partial charge in [-0.3, -0.25) is 9.80 Å². The minimum atomic E-state index is -1.77. The van der Waals surface area contributed by atoms with Gasteiger partial charge < -0.3 is 19.8 Å². The summed E-state index contributed by atoms with van der Waals surface area (Å²) < 4.78 is 0.618. The summed E-state index contributed by atoms with van der Waals surface area (Å²) in [5, 5.41) is 22.4. The number of urea groups is 1. The second-order valence-corrected chi connectivity index (χ2v) is 6.29. The molecule has 11 heteroatoms. The fraction of sp³-hybridized carbons (Fsp3) is 0.769. The van der Waals surface area contributed by atoms with E-state index in [-0.39, 0.29) is 11.8 Å². The lowest BCUT2D eigenvalue weighted by molar-refractivity contribution is -0.258. The van der Waals surface area contributed by atoms with E-state index in [1.165, 1.54) is 0 Å². The average Bonchev–Trinajstić information content (AvgIpc) is 2.54. The van der Waals surface area contributed by atoms with Crippen LogP contribution in [0.2, 0.25) is 0 Å². The Kier molecular flexibility index (Phi) is 11.6. The van der Waals surface area contributed by atoms with Gasteiger partial charge in [0.15, 0.2) is 12.2 Å². The summed E-state index contributed by atoms with van der Waals surface area (Å²) in [5.74, 6) is 0.433. The maximum atomic E-state index is 12.2. The molecular formula is C13H24N4O5S2-2. The van der Waals surface area contributed by atoms with Crippen molar-refractivity contribution in [3.05, 3.63) is 0 Å². The Morgan fingerprint density at radius 3 is 1.21 bits per heavy atom. The second kappa shape index (κ2) is 12.2. The molecule has 0 aromatic rings. The largest absolute Gasteiger partial charge is 0.529 e. The third-order valence-electron chi connectivity index (χ3n) is 3.21. The van der Waals surface area contributed by atoms with Gasteiger partial charge >= 0.3 is 6.03 Å². The van der Waals surface area contributed by atoms with E-state index >= 15 is 0 Å². The Morgan fingerprint density at radius 1 is 0.708 bits per heavy atom. The summed E-state index contributed by atoms with van der Waals surface area (Å²) in [6.45, 7) is 10.2. The summed E-state index contributed by atoms with van der Waals surface area (Å²) in [4.78, 5) is 38.4. The third-order valence-corrected chi connectivity index (χ3v) is 5.29. The molecule has 0 aromatic heterocycles. The van der Waals surface area contributed by atoms with E-state index < -0.39 is 18.2 Å². The Bertz CT molecular complexity index is 383. The number of hydrogen-bond acceptors (Lipinski definition) is 9. The Hall–Kier alpha value is -1.17. The molecule has 0 radical (unpaired) electrons. The van der Waals surface area contributed by atoms with E-state index in [0.29, 0.717) is 58.7 Å². The fourth-order valence-corrected chi connectivity index (χ4v) is 3.48. The van der Waals surface area contributed by atoms with Crippen LogP contribution in [-0.2, 0) is 0 Å². The lowest BCUT2D eigenvalue weighted by Crippen LogP contribution is -2.51. The minimum absolute atomic E-state index is 0.217. The van der Waals surface area contributed by atoms with Crippen molar-refractivity contribution in [2.45, 2.75) is 27.7 Å². The molecule has 0 aliphatic carbocycles. The van der Waals surface area contributed by atoms with E-state index in [2.05, 4.69) is 0 Å². The Balaban J connectivity index is 4.98. The molecule has 9 nitrogen and oxygen atoms in total. The minimum Gasteiger partial charge on any atom is -0.529 e. The lowest BCUT2D eigenvalue weighted by Gasteiger charge is -2.31. The van der Waals surface area contributed by atoms with E-state index in [1.807, 2.05) is 37.5 Å². The van der Waals surface area contributed by atoms with E-state index in [0.717, 1.165) is 0 Å². The molecule has 0 aliphatic heterocycles. The number of amides is 4. The molecule has 4 amide bonds. The van der Waals surface area contributed by atoms with Gasteiger partial charge in [-0.25, -0.2) is 13.4 Å². The molecule has 0 saturated heterocycles. The van der Waals surface area contributed by atoms with Crippen molar-refractivity contribution >= 4 is 42.1 Å². The fourth-order valence-electron chi connectivity index (χ4n) is 1.55. The van der Waals surface area contributed by atoms with Gasteiger partial charge in [0.25, 0.3) is 0 Å². The molecule has 140 valence electrons. The molecule has 0 aromatic carbocycles. The maximum Gasteiger partial charge on any atom is 0.351 e. The van der Waals surface area contributed by atoms with E-state index in [1.54, 1.807) is 0 Å². The smallest absolute Gasteiger partial charge is 0.351 e. The number of rotatable bonds is 10. The molecule has 0 aliphatic rings. The molecule has 0 bridgehead atoms. The summed E-state index contributed by atoms with van der Waals surface area (Å²) in [7, 11) is 0. The highest BCUT2D eigenvalue weighted by Gasteiger charge is 2.25. The molecule has 0 fully saturated rings. The van der Waals surface area contributed by atoms with Crippen LogP contribution < -0.4 is 10.2 Å². The van der Waals surface area contributed by atoms with Crippen molar-refractivity contribution in [2.75, 3.05) is 37.9 Å². The molecule has 24 heavy (non-hydrogen) atoms. The molecule has 0 spiro atoms. The molecule has 0 saturated carbocycles. The topological polar surface area (TPSA) is 110 Å².